The minimum absolute atomic E-state index is 0.406. The standard InChI is InChI=1S/C9H11N3O7/c13-5-2-12(3-6(14)11-5)9(19)10-4(8(17)18)1-7(15)16/h4H,1-3H2,(H,10,19)(H,15,16)(H,17,18)(H,11,13,14)/t4-/m0/s1. The first kappa shape index (κ1) is 14.4. The van der Waals surface area contributed by atoms with Crippen molar-refractivity contribution < 1.29 is 34.2 Å². The van der Waals surface area contributed by atoms with Crippen LogP contribution in [0.4, 0.5) is 4.79 Å². The van der Waals surface area contributed by atoms with Crippen LogP contribution in [0.5, 0.6) is 0 Å². The fourth-order valence-corrected chi connectivity index (χ4v) is 1.40. The second kappa shape index (κ2) is 5.80. The summed E-state index contributed by atoms with van der Waals surface area (Å²) in [7, 11) is 0. The van der Waals surface area contributed by atoms with E-state index < -0.39 is 55.3 Å². The molecule has 10 heteroatoms. The molecule has 0 aromatic rings. The van der Waals surface area contributed by atoms with Crippen LogP contribution < -0.4 is 10.6 Å². The molecule has 1 rings (SSSR count). The van der Waals surface area contributed by atoms with Gasteiger partial charge in [0, 0.05) is 0 Å². The van der Waals surface area contributed by atoms with Gasteiger partial charge in [-0.2, -0.15) is 0 Å². The quantitative estimate of drug-likeness (QED) is 0.416. The third-order valence-corrected chi connectivity index (χ3v) is 2.21. The molecule has 0 aliphatic carbocycles. The van der Waals surface area contributed by atoms with Crippen molar-refractivity contribution in [3.63, 3.8) is 0 Å². The van der Waals surface area contributed by atoms with E-state index in [1.54, 1.807) is 0 Å². The zero-order chi connectivity index (χ0) is 14.6. The number of carbonyl (C=O) groups is 5. The van der Waals surface area contributed by atoms with Gasteiger partial charge in [-0.15, -0.1) is 0 Å². The Balaban J connectivity index is 2.66. The van der Waals surface area contributed by atoms with Gasteiger partial charge >= 0.3 is 18.0 Å². The molecule has 4 amide bonds. The molecule has 1 aliphatic rings. The summed E-state index contributed by atoms with van der Waals surface area (Å²) < 4.78 is 0. The second-order valence-corrected chi connectivity index (χ2v) is 3.77. The van der Waals surface area contributed by atoms with Crippen LogP contribution in [0, 0.1) is 0 Å². The van der Waals surface area contributed by atoms with E-state index in [4.69, 9.17) is 10.2 Å². The lowest BCUT2D eigenvalue weighted by Gasteiger charge is -2.26. The maximum absolute atomic E-state index is 11.6. The van der Waals surface area contributed by atoms with Gasteiger partial charge in [0.05, 0.1) is 6.42 Å². The minimum Gasteiger partial charge on any atom is -0.481 e. The predicted octanol–water partition coefficient (Wildman–Crippen LogP) is -2.42. The maximum atomic E-state index is 11.6. The Morgan fingerprint density at radius 3 is 2.16 bits per heavy atom. The number of nitrogens with one attached hydrogen (secondary N) is 2. The molecule has 0 saturated carbocycles. The van der Waals surface area contributed by atoms with Crippen molar-refractivity contribution in [2.45, 2.75) is 12.5 Å². The molecule has 1 saturated heterocycles. The largest absolute Gasteiger partial charge is 0.481 e. The van der Waals surface area contributed by atoms with Gasteiger partial charge in [-0.25, -0.2) is 9.59 Å². The Bertz CT molecular complexity index is 431. The monoisotopic (exact) mass is 273 g/mol. The van der Waals surface area contributed by atoms with Gasteiger partial charge in [-0.3, -0.25) is 19.7 Å². The van der Waals surface area contributed by atoms with Crippen LogP contribution in [0.1, 0.15) is 6.42 Å². The van der Waals surface area contributed by atoms with Crippen molar-refractivity contribution in [3.8, 4) is 0 Å². The van der Waals surface area contributed by atoms with E-state index in [2.05, 4.69) is 0 Å². The molecule has 0 aromatic carbocycles. The van der Waals surface area contributed by atoms with Gasteiger partial charge in [0.2, 0.25) is 11.8 Å². The molecule has 19 heavy (non-hydrogen) atoms. The van der Waals surface area contributed by atoms with Crippen molar-refractivity contribution in [2.75, 3.05) is 13.1 Å². The topological polar surface area (TPSA) is 153 Å². The maximum Gasteiger partial charge on any atom is 0.326 e. The third-order valence-electron chi connectivity index (χ3n) is 2.21. The van der Waals surface area contributed by atoms with Crippen molar-refractivity contribution >= 4 is 29.8 Å². The molecule has 10 nitrogen and oxygen atoms in total. The number of carboxylic acid groups (broad SMARTS) is 2. The molecule has 0 aromatic heterocycles. The Morgan fingerprint density at radius 1 is 1.21 bits per heavy atom. The zero-order valence-electron chi connectivity index (χ0n) is 9.58. The zero-order valence-corrected chi connectivity index (χ0v) is 9.58. The number of urea groups is 1. The van der Waals surface area contributed by atoms with E-state index in [-0.39, 0.29) is 0 Å². The molecular formula is C9H11N3O7. The number of hydrogen-bond donors (Lipinski definition) is 4. The Kier molecular flexibility index (Phi) is 4.40. The number of imide groups is 1. The van der Waals surface area contributed by atoms with E-state index >= 15 is 0 Å². The molecule has 0 unspecified atom stereocenters. The fraction of sp³-hybridized carbons (Fsp3) is 0.444. The lowest BCUT2D eigenvalue weighted by atomic mass is 10.2. The molecule has 0 spiro atoms. The number of amides is 4. The van der Waals surface area contributed by atoms with Gasteiger partial charge in [0.15, 0.2) is 0 Å². The van der Waals surface area contributed by atoms with E-state index in [0.29, 0.717) is 0 Å². The SMILES string of the molecule is O=C(O)C[C@H](NC(=O)N1CC(=O)NC(=O)C1)C(=O)O. The smallest absolute Gasteiger partial charge is 0.326 e. The number of aliphatic carboxylic acids is 2. The summed E-state index contributed by atoms with van der Waals surface area (Å²) in [5.41, 5.74) is 0. The van der Waals surface area contributed by atoms with Gasteiger partial charge in [-0.1, -0.05) is 0 Å². The first-order chi connectivity index (χ1) is 8.79. The number of carbonyl (C=O) groups excluding carboxylic acids is 3. The Morgan fingerprint density at radius 2 is 1.74 bits per heavy atom. The molecule has 1 atom stereocenters. The molecule has 0 bridgehead atoms. The lowest BCUT2D eigenvalue weighted by molar-refractivity contribution is -0.145. The van der Waals surface area contributed by atoms with Gasteiger partial charge in [0.25, 0.3) is 0 Å². The lowest BCUT2D eigenvalue weighted by Crippen LogP contribution is -2.57. The highest BCUT2D eigenvalue weighted by Gasteiger charge is 2.30. The summed E-state index contributed by atoms with van der Waals surface area (Å²) in [5, 5.41) is 21.1. The molecule has 4 N–H and O–H groups in total. The van der Waals surface area contributed by atoms with Crippen LogP contribution >= 0.6 is 0 Å². The number of piperazine rings is 1. The number of carboxylic acids is 2. The van der Waals surface area contributed by atoms with Crippen molar-refractivity contribution in [2.24, 2.45) is 0 Å². The summed E-state index contributed by atoms with van der Waals surface area (Å²) in [5.74, 6) is -4.32. The van der Waals surface area contributed by atoms with Gasteiger partial charge < -0.3 is 20.4 Å². The van der Waals surface area contributed by atoms with E-state index in [1.807, 2.05) is 10.6 Å². The highest BCUT2D eigenvalue weighted by Crippen LogP contribution is 1.99. The van der Waals surface area contributed by atoms with Gasteiger partial charge in [-0.05, 0) is 0 Å². The summed E-state index contributed by atoms with van der Waals surface area (Å²) in [6, 6.07) is -2.62. The molecule has 0 radical (unpaired) electrons. The summed E-state index contributed by atoms with van der Waals surface area (Å²) in [6.45, 7) is -0.812. The van der Waals surface area contributed by atoms with Crippen LogP contribution in [0.15, 0.2) is 0 Å². The first-order valence-corrected chi connectivity index (χ1v) is 5.12. The van der Waals surface area contributed by atoms with Crippen LogP contribution in [0.2, 0.25) is 0 Å². The summed E-state index contributed by atoms with van der Waals surface area (Å²) in [6.07, 6.45) is -0.810. The van der Waals surface area contributed by atoms with Crippen LogP contribution in [0.3, 0.4) is 0 Å². The van der Waals surface area contributed by atoms with Crippen LogP contribution in [0.25, 0.3) is 0 Å². The van der Waals surface area contributed by atoms with Crippen LogP contribution in [-0.2, 0) is 19.2 Å². The number of nitrogens with zero attached hydrogens (tertiary/aromatic N) is 1. The minimum atomic E-state index is -1.63. The molecule has 1 heterocycles. The Labute approximate surface area is 106 Å². The number of hydrogen-bond acceptors (Lipinski definition) is 5. The molecule has 1 fully saturated rings. The normalized spacial score (nSPS) is 16.5. The van der Waals surface area contributed by atoms with E-state index in [1.165, 1.54) is 0 Å². The third kappa shape index (κ3) is 4.26. The average molecular weight is 273 g/mol. The summed E-state index contributed by atoms with van der Waals surface area (Å²) >= 11 is 0. The molecular weight excluding hydrogens is 262 g/mol. The second-order valence-electron chi connectivity index (χ2n) is 3.77. The first-order valence-electron chi connectivity index (χ1n) is 5.12. The van der Waals surface area contributed by atoms with E-state index in [0.717, 1.165) is 4.90 Å². The molecule has 104 valence electrons. The Hall–Kier alpha value is -2.65. The van der Waals surface area contributed by atoms with Crippen molar-refractivity contribution in [1.82, 2.24) is 15.5 Å². The highest BCUT2D eigenvalue weighted by atomic mass is 16.4. The van der Waals surface area contributed by atoms with E-state index in [9.17, 15) is 24.0 Å². The van der Waals surface area contributed by atoms with Gasteiger partial charge in [0.1, 0.15) is 19.1 Å². The average Bonchev–Trinajstić information content (AvgIpc) is 2.25. The fourth-order valence-electron chi connectivity index (χ4n) is 1.40. The van der Waals surface area contributed by atoms with Crippen molar-refractivity contribution in [3.05, 3.63) is 0 Å². The number of rotatable bonds is 4. The van der Waals surface area contributed by atoms with Crippen molar-refractivity contribution in [1.29, 1.82) is 0 Å². The van der Waals surface area contributed by atoms with Crippen LogP contribution in [-0.4, -0.2) is 64.0 Å². The predicted molar refractivity (Wildman–Crippen MR) is 56.9 cm³/mol. The molecule has 1 aliphatic heterocycles. The summed E-state index contributed by atoms with van der Waals surface area (Å²) in [4.78, 5) is 55.6. The highest BCUT2D eigenvalue weighted by molar-refractivity contribution is 6.02.